The molecule has 6 saturated carbocycles. The Hall–Kier alpha value is -1.53. The Balaban J connectivity index is 1.22. The molecule has 0 radical (unpaired) electrons. The van der Waals surface area contributed by atoms with Gasteiger partial charge in [-0.15, -0.1) is 0 Å². The van der Waals surface area contributed by atoms with Crippen LogP contribution in [0.15, 0.2) is 25.7 Å². The molecule has 0 amide bonds. The molecule has 0 aliphatic heterocycles. The fourth-order valence-corrected chi connectivity index (χ4v) is 7.71. The quantitative estimate of drug-likeness (QED) is 0.204. The first-order chi connectivity index (χ1) is 11.7. The van der Waals surface area contributed by atoms with E-state index in [2.05, 4.69) is 13.2 Å². The van der Waals surface area contributed by atoms with E-state index in [1.54, 1.807) is 0 Å². The van der Waals surface area contributed by atoms with Crippen molar-refractivity contribution in [1.29, 1.82) is 0 Å². The number of carbonyl (C=O) groups is 1. The van der Waals surface area contributed by atoms with Gasteiger partial charge in [-0.05, 0) is 35.5 Å². The van der Waals surface area contributed by atoms with Crippen molar-refractivity contribution in [3.63, 3.8) is 0 Å². The molecule has 1 N–H and O–H groups in total. The molecule has 1 unspecified atom stereocenters. The summed E-state index contributed by atoms with van der Waals surface area (Å²) in [7, 11) is 0. The number of carbonyl (C=O) groups excluding carboxylic acids is 1. The number of hydrogen-bond donors (Lipinski definition) is 1. The van der Waals surface area contributed by atoms with Crippen LogP contribution in [0.1, 0.15) is 6.42 Å². The molecular weight excluding hydrogens is 312 g/mol. The van der Waals surface area contributed by atoms with Crippen molar-refractivity contribution in [2.75, 3.05) is 19.8 Å². The maximum atomic E-state index is 12.5. The number of ether oxygens (including phenoxy) is 3. The highest BCUT2D eigenvalue weighted by Crippen LogP contribution is 3.11. The summed E-state index contributed by atoms with van der Waals surface area (Å²) in [5.74, 6) is 2.87. The van der Waals surface area contributed by atoms with Gasteiger partial charge in [0.2, 0.25) is 0 Å². The van der Waals surface area contributed by atoms with Crippen LogP contribution in [0.4, 0.5) is 0 Å². The van der Waals surface area contributed by atoms with Gasteiger partial charge in [-0.1, -0.05) is 13.2 Å². The Morgan fingerprint density at radius 2 is 1.58 bits per heavy atom. The van der Waals surface area contributed by atoms with Crippen LogP contribution in [0.5, 0.6) is 0 Å². The van der Waals surface area contributed by atoms with Crippen LogP contribution in [0.25, 0.3) is 0 Å². The molecule has 6 heteroatoms. The summed E-state index contributed by atoms with van der Waals surface area (Å²) in [6.07, 6.45) is 3.24. The van der Waals surface area contributed by atoms with E-state index in [0.29, 0.717) is 55.1 Å². The minimum Gasteiger partial charge on any atom is -0.502 e. The van der Waals surface area contributed by atoms with Gasteiger partial charge in [0.1, 0.15) is 19.3 Å². The molecule has 0 aromatic heterocycles. The molecule has 0 heterocycles. The lowest BCUT2D eigenvalue weighted by molar-refractivity contribution is -0.662. The van der Waals surface area contributed by atoms with Gasteiger partial charge in [0.15, 0.2) is 0 Å². The summed E-state index contributed by atoms with van der Waals surface area (Å²) in [6.45, 7) is 8.13. The molecule has 0 saturated heterocycles. The topological polar surface area (TPSA) is 74.2 Å². The monoisotopic (exact) mass is 334 g/mol. The second-order valence-corrected chi connectivity index (χ2v) is 7.68. The van der Waals surface area contributed by atoms with Gasteiger partial charge in [-0.25, -0.2) is 4.89 Å². The van der Waals surface area contributed by atoms with Crippen LogP contribution in [0, 0.1) is 46.3 Å². The summed E-state index contributed by atoms with van der Waals surface area (Å²) >= 11 is 0. The van der Waals surface area contributed by atoms with Crippen molar-refractivity contribution < 1.29 is 29.1 Å². The largest absolute Gasteiger partial charge is 0.502 e. The van der Waals surface area contributed by atoms with Gasteiger partial charge in [-0.3, -0.25) is 10.1 Å². The Morgan fingerprint density at radius 3 is 2.12 bits per heavy atom. The average Bonchev–Trinajstić information content (AvgIpc) is 2.62. The Morgan fingerprint density at radius 1 is 1.00 bits per heavy atom. The van der Waals surface area contributed by atoms with Crippen molar-refractivity contribution in [3.8, 4) is 0 Å². The number of esters is 1. The highest BCUT2D eigenvalue weighted by Gasteiger charge is 3.12. The van der Waals surface area contributed by atoms with Gasteiger partial charge in [0.25, 0.3) is 0 Å². The van der Waals surface area contributed by atoms with Crippen molar-refractivity contribution in [3.05, 3.63) is 25.7 Å². The van der Waals surface area contributed by atoms with E-state index < -0.39 is 0 Å². The summed E-state index contributed by atoms with van der Waals surface area (Å²) in [4.78, 5) is 17.4. The van der Waals surface area contributed by atoms with Gasteiger partial charge < -0.3 is 14.2 Å². The second kappa shape index (κ2) is 4.55. The minimum absolute atomic E-state index is 0.0383. The molecule has 6 aliphatic carbocycles. The number of hydrogen-bond acceptors (Lipinski definition) is 6. The number of rotatable bonds is 11. The molecule has 6 nitrogen and oxygen atoms in total. The average molecular weight is 334 g/mol. The van der Waals surface area contributed by atoms with E-state index in [0.717, 1.165) is 0 Å². The molecule has 6 aliphatic rings. The van der Waals surface area contributed by atoms with Crippen LogP contribution in [0.3, 0.4) is 0 Å². The van der Waals surface area contributed by atoms with E-state index in [1.165, 1.54) is 12.5 Å². The summed E-state index contributed by atoms with van der Waals surface area (Å²) in [6, 6.07) is 0. The van der Waals surface area contributed by atoms with E-state index >= 15 is 0 Å². The van der Waals surface area contributed by atoms with Gasteiger partial charge in [-0.2, -0.15) is 0 Å². The lowest BCUT2D eigenvalue weighted by Crippen LogP contribution is -3.12. The van der Waals surface area contributed by atoms with Crippen molar-refractivity contribution in [2.45, 2.75) is 12.5 Å². The Bertz CT molecular complexity index is 559. The first-order valence-corrected chi connectivity index (χ1v) is 8.66. The Kier molecular flexibility index (Phi) is 2.80. The van der Waals surface area contributed by atoms with E-state index in [1.807, 2.05) is 0 Å². The van der Waals surface area contributed by atoms with Crippen LogP contribution >= 0.6 is 0 Å². The molecular formula is C18H22O6. The summed E-state index contributed by atoms with van der Waals surface area (Å²) in [5.41, 5.74) is -0.0964. The smallest absolute Gasteiger partial charge is 0.313 e. The van der Waals surface area contributed by atoms with Crippen molar-refractivity contribution in [2.24, 2.45) is 46.3 Å². The summed E-state index contributed by atoms with van der Waals surface area (Å²) in [5, 5.41) is 9.37. The first kappa shape index (κ1) is 14.8. The fourth-order valence-electron chi connectivity index (χ4n) is 7.71. The molecule has 6 rings (SSSR count). The molecule has 6 fully saturated rings. The molecule has 24 heavy (non-hydrogen) atoms. The highest BCUT2D eigenvalue weighted by atomic mass is 17.1. The predicted molar refractivity (Wildman–Crippen MR) is 81.2 cm³/mol. The molecule has 1 atom stereocenters. The summed E-state index contributed by atoms with van der Waals surface area (Å²) < 4.78 is 15.6. The first-order valence-electron chi connectivity index (χ1n) is 8.66. The minimum atomic E-state index is -0.201. The standard InChI is InChI=1S/C18H22O6/c1-3-21-6-5-9(24-20)17-10-13-11(17)15-12(17)14(10)18(13,15)16(19)23-8-7-22-4-2/h3-4,9-15,20H,1-2,5-8H2. The van der Waals surface area contributed by atoms with Crippen LogP contribution < -0.4 is 0 Å². The molecule has 0 spiro atoms. The normalized spacial score (nSPS) is 50.5. The maximum absolute atomic E-state index is 12.5. The van der Waals surface area contributed by atoms with E-state index in [4.69, 9.17) is 19.1 Å². The zero-order valence-electron chi connectivity index (χ0n) is 13.4. The molecule has 0 aromatic rings. The van der Waals surface area contributed by atoms with Crippen LogP contribution in [-0.2, 0) is 23.9 Å². The molecule has 130 valence electrons. The lowest BCUT2D eigenvalue weighted by atomic mass is 8.91. The fraction of sp³-hybridized carbons (Fsp3) is 0.722. The lowest BCUT2D eigenvalue weighted by Gasteiger charge is -3.10. The zero-order valence-corrected chi connectivity index (χ0v) is 13.4. The van der Waals surface area contributed by atoms with Crippen molar-refractivity contribution >= 4 is 5.97 Å². The van der Waals surface area contributed by atoms with Crippen molar-refractivity contribution in [1.82, 2.24) is 0 Å². The second-order valence-electron chi connectivity index (χ2n) is 7.68. The van der Waals surface area contributed by atoms with Gasteiger partial charge in [0, 0.05) is 11.8 Å². The van der Waals surface area contributed by atoms with E-state index in [-0.39, 0.29) is 29.5 Å². The maximum Gasteiger partial charge on any atom is 0.313 e. The van der Waals surface area contributed by atoms with Crippen LogP contribution in [-0.4, -0.2) is 37.2 Å². The third kappa shape index (κ3) is 1.11. The third-order valence-corrected chi connectivity index (χ3v) is 7.91. The van der Waals surface area contributed by atoms with Gasteiger partial charge >= 0.3 is 5.97 Å². The molecule has 0 bridgehead atoms. The van der Waals surface area contributed by atoms with Gasteiger partial charge in [0.05, 0.1) is 24.5 Å². The van der Waals surface area contributed by atoms with E-state index in [9.17, 15) is 10.1 Å². The Labute approximate surface area is 140 Å². The van der Waals surface area contributed by atoms with Crippen LogP contribution in [0.2, 0.25) is 0 Å². The SMILES string of the molecule is C=COCCOC(=O)C12C3C4C1C1C2C3C41C(CCOC=C)OO. The third-order valence-electron chi connectivity index (χ3n) is 7.91. The highest BCUT2D eigenvalue weighted by molar-refractivity contribution is 5.88. The molecule has 0 aromatic carbocycles. The zero-order chi connectivity index (χ0) is 16.7. The predicted octanol–water partition coefficient (Wildman–Crippen LogP) is 1.84.